The molecule has 0 saturated carbocycles. The second-order valence-corrected chi connectivity index (χ2v) is 3.95. The molecule has 1 unspecified atom stereocenters. The number of hydrogen-bond donors (Lipinski definition) is 0. The highest BCUT2D eigenvalue weighted by atomic mass is 79.9. The first-order valence-electron chi connectivity index (χ1n) is 3.56. The molecule has 0 spiro atoms. The first-order chi connectivity index (χ1) is 5.20. The second-order valence-electron chi connectivity index (χ2n) is 2.50. The highest BCUT2D eigenvalue weighted by molar-refractivity contribution is 9.09. The van der Waals surface area contributed by atoms with Gasteiger partial charge in [0.1, 0.15) is 5.76 Å². The maximum Gasteiger partial charge on any atom is 0.129 e. The average molecular weight is 215 g/mol. The molecule has 0 bridgehead atoms. The molecule has 0 aliphatic rings. The molecule has 1 aromatic rings. The first-order valence-corrected chi connectivity index (χ1v) is 4.48. The van der Waals surface area contributed by atoms with Gasteiger partial charge in [-0.15, -0.1) is 0 Å². The van der Waals surface area contributed by atoms with Crippen LogP contribution in [0.4, 0.5) is 0 Å². The molecule has 0 amide bonds. The minimum Gasteiger partial charge on any atom is -0.465 e. The third kappa shape index (κ3) is 2.54. The molecule has 1 aromatic heterocycles. The first kappa shape index (κ1) is 8.60. The van der Waals surface area contributed by atoms with Gasteiger partial charge in [-0.05, 0) is 31.6 Å². The van der Waals surface area contributed by atoms with Gasteiger partial charge in [0.15, 0.2) is 0 Å². The van der Waals surface area contributed by atoms with Crippen molar-refractivity contribution < 1.29 is 4.42 Å². The van der Waals surface area contributed by atoms with Gasteiger partial charge >= 0.3 is 0 Å². The van der Waals surface area contributed by atoms with Crippen molar-refractivity contribution in [2.75, 3.05) is 0 Å². The SMILES string of the molecule is Cc1ccoc1/C=C/C(C)Br. The Morgan fingerprint density at radius 1 is 1.64 bits per heavy atom. The molecule has 0 aliphatic heterocycles. The molecule has 11 heavy (non-hydrogen) atoms. The van der Waals surface area contributed by atoms with E-state index in [0.29, 0.717) is 4.83 Å². The van der Waals surface area contributed by atoms with Crippen LogP contribution in [0.15, 0.2) is 22.8 Å². The number of furan rings is 1. The van der Waals surface area contributed by atoms with Gasteiger partial charge in [-0.3, -0.25) is 0 Å². The van der Waals surface area contributed by atoms with Crippen LogP contribution in [-0.4, -0.2) is 4.83 Å². The zero-order valence-corrected chi connectivity index (χ0v) is 8.26. The van der Waals surface area contributed by atoms with Crippen LogP contribution in [0.1, 0.15) is 18.2 Å². The van der Waals surface area contributed by atoms with E-state index < -0.39 is 0 Å². The molecular formula is C9H11BrO. The highest BCUT2D eigenvalue weighted by Gasteiger charge is 1.95. The quantitative estimate of drug-likeness (QED) is 0.689. The highest BCUT2D eigenvalue weighted by Crippen LogP contribution is 2.12. The fraction of sp³-hybridized carbons (Fsp3) is 0.333. The monoisotopic (exact) mass is 214 g/mol. The molecule has 0 aliphatic carbocycles. The maximum atomic E-state index is 5.21. The molecule has 0 radical (unpaired) electrons. The zero-order valence-electron chi connectivity index (χ0n) is 6.67. The summed E-state index contributed by atoms with van der Waals surface area (Å²) in [5.74, 6) is 0.941. The van der Waals surface area contributed by atoms with Crippen LogP contribution < -0.4 is 0 Å². The molecule has 0 aromatic carbocycles. The second kappa shape index (κ2) is 3.77. The molecule has 1 rings (SSSR count). The van der Waals surface area contributed by atoms with Crippen LogP contribution >= 0.6 is 15.9 Å². The molecule has 1 heterocycles. The number of halogens is 1. The van der Waals surface area contributed by atoms with Crippen molar-refractivity contribution in [3.63, 3.8) is 0 Å². The third-order valence-corrected chi connectivity index (χ3v) is 1.72. The number of hydrogen-bond acceptors (Lipinski definition) is 1. The lowest BCUT2D eigenvalue weighted by Gasteiger charge is -1.91. The Labute approximate surface area is 75.2 Å². The number of alkyl halides is 1. The van der Waals surface area contributed by atoms with Crippen molar-refractivity contribution in [2.45, 2.75) is 18.7 Å². The minimum atomic E-state index is 0.395. The molecule has 0 N–H and O–H groups in total. The Morgan fingerprint density at radius 2 is 2.36 bits per heavy atom. The van der Waals surface area contributed by atoms with E-state index in [2.05, 4.69) is 22.9 Å². The topological polar surface area (TPSA) is 13.1 Å². The Balaban J connectivity index is 2.71. The predicted molar refractivity (Wildman–Crippen MR) is 50.9 cm³/mol. The zero-order chi connectivity index (χ0) is 8.27. The molecule has 2 heteroatoms. The van der Waals surface area contributed by atoms with Crippen LogP contribution in [0.5, 0.6) is 0 Å². The van der Waals surface area contributed by atoms with Gasteiger partial charge in [-0.1, -0.05) is 22.0 Å². The smallest absolute Gasteiger partial charge is 0.129 e. The van der Waals surface area contributed by atoms with E-state index >= 15 is 0 Å². The van der Waals surface area contributed by atoms with E-state index in [1.807, 2.05) is 25.1 Å². The summed E-state index contributed by atoms with van der Waals surface area (Å²) >= 11 is 3.42. The number of aryl methyl sites for hydroxylation is 1. The summed E-state index contributed by atoms with van der Waals surface area (Å²) in [6.07, 6.45) is 5.73. The van der Waals surface area contributed by atoms with Crippen molar-refractivity contribution in [2.24, 2.45) is 0 Å². The lowest BCUT2D eigenvalue weighted by atomic mass is 10.2. The standard InChI is InChI=1S/C9H11BrO/c1-7-5-6-11-9(7)4-3-8(2)10/h3-6,8H,1-2H3/b4-3+. The van der Waals surface area contributed by atoms with Crippen LogP contribution in [-0.2, 0) is 0 Å². The van der Waals surface area contributed by atoms with Crippen molar-refractivity contribution in [3.05, 3.63) is 29.7 Å². The number of allylic oxidation sites excluding steroid dienone is 1. The normalized spacial score (nSPS) is 14.1. The van der Waals surface area contributed by atoms with Crippen LogP contribution in [0.2, 0.25) is 0 Å². The maximum absolute atomic E-state index is 5.21. The predicted octanol–water partition coefficient (Wildman–Crippen LogP) is 3.38. The van der Waals surface area contributed by atoms with E-state index in [1.165, 1.54) is 5.56 Å². The van der Waals surface area contributed by atoms with Gasteiger partial charge in [0.05, 0.1) is 6.26 Å². The van der Waals surface area contributed by atoms with E-state index in [9.17, 15) is 0 Å². The summed E-state index contributed by atoms with van der Waals surface area (Å²) in [5, 5.41) is 0. The Bertz CT molecular complexity index is 248. The molecule has 0 fully saturated rings. The summed E-state index contributed by atoms with van der Waals surface area (Å²) in [7, 11) is 0. The summed E-state index contributed by atoms with van der Waals surface area (Å²) in [4.78, 5) is 0.395. The summed E-state index contributed by atoms with van der Waals surface area (Å²) < 4.78 is 5.21. The van der Waals surface area contributed by atoms with Crippen molar-refractivity contribution in [3.8, 4) is 0 Å². The Kier molecular flexibility index (Phi) is 2.94. The van der Waals surface area contributed by atoms with Gasteiger partial charge < -0.3 is 4.42 Å². The Hall–Kier alpha value is -0.500. The fourth-order valence-corrected chi connectivity index (χ4v) is 0.928. The van der Waals surface area contributed by atoms with Gasteiger partial charge in [0.25, 0.3) is 0 Å². The average Bonchev–Trinajstić information content (AvgIpc) is 2.31. The van der Waals surface area contributed by atoms with E-state index in [-0.39, 0.29) is 0 Å². The van der Waals surface area contributed by atoms with E-state index in [4.69, 9.17) is 4.42 Å². The fourth-order valence-electron chi connectivity index (χ4n) is 0.775. The molecular weight excluding hydrogens is 204 g/mol. The molecule has 1 atom stereocenters. The van der Waals surface area contributed by atoms with E-state index in [1.54, 1.807) is 6.26 Å². The van der Waals surface area contributed by atoms with Crippen molar-refractivity contribution >= 4 is 22.0 Å². The number of rotatable bonds is 2. The van der Waals surface area contributed by atoms with Gasteiger partial charge in [-0.25, -0.2) is 0 Å². The minimum absolute atomic E-state index is 0.395. The van der Waals surface area contributed by atoms with Gasteiger partial charge in [0.2, 0.25) is 0 Å². The third-order valence-electron chi connectivity index (χ3n) is 1.41. The summed E-state index contributed by atoms with van der Waals surface area (Å²) in [5.41, 5.74) is 1.18. The molecule has 1 nitrogen and oxygen atoms in total. The van der Waals surface area contributed by atoms with Crippen LogP contribution in [0, 0.1) is 6.92 Å². The Morgan fingerprint density at radius 3 is 2.82 bits per heavy atom. The lowest BCUT2D eigenvalue weighted by molar-refractivity contribution is 0.555. The van der Waals surface area contributed by atoms with Gasteiger partial charge in [0, 0.05) is 4.83 Å². The molecule has 0 saturated heterocycles. The summed E-state index contributed by atoms with van der Waals surface area (Å²) in [6.45, 7) is 4.09. The van der Waals surface area contributed by atoms with Crippen LogP contribution in [0.3, 0.4) is 0 Å². The van der Waals surface area contributed by atoms with E-state index in [0.717, 1.165) is 5.76 Å². The van der Waals surface area contributed by atoms with Crippen molar-refractivity contribution in [1.29, 1.82) is 0 Å². The van der Waals surface area contributed by atoms with Crippen molar-refractivity contribution in [1.82, 2.24) is 0 Å². The molecule has 60 valence electrons. The summed E-state index contributed by atoms with van der Waals surface area (Å²) in [6, 6.07) is 1.96. The van der Waals surface area contributed by atoms with Gasteiger partial charge in [-0.2, -0.15) is 0 Å². The van der Waals surface area contributed by atoms with Crippen LogP contribution in [0.25, 0.3) is 6.08 Å². The largest absolute Gasteiger partial charge is 0.465 e. The lowest BCUT2D eigenvalue weighted by Crippen LogP contribution is -1.79.